The number of piperidine rings is 1. The summed E-state index contributed by atoms with van der Waals surface area (Å²) >= 11 is 0. The number of rotatable bonds is 5. The number of benzene rings is 1. The van der Waals surface area contributed by atoms with Crippen LogP contribution in [-0.2, 0) is 9.59 Å². The van der Waals surface area contributed by atoms with E-state index >= 15 is 0 Å². The second-order valence-electron chi connectivity index (χ2n) is 5.96. The number of amides is 2. The van der Waals surface area contributed by atoms with Gasteiger partial charge in [0.2, 0.25) is 11.8 Å². The van der Waals surface area contributed by atoms with Crippen LogP contribution in [0.5, 0.6) is 11.5 Å². The van der Waals surface area contributed by atoms with Gasteiger partial charge in [-0.3, -0.25) is 9.59 Å². The van der Waals surface area contributed by atoms with Crippen molar-refractivity contribution in [3.05, 3.63) is 29.8 Å². The highest BCUT2D eigenvalue weighted by molar-refractivity contribution is 5.93. The lowest BCUT2D eigenvalue weighted by molar-refractivity contribution is -0.133. The Bertz CT molecular complexity index is 642. The van der Waals surface area contributed by atoms with E-state index < -0.39 is 0 Å². The third kappa shape index (κ3) is 4.07. The Morgan fingerprint density at radius 3 is 2.62 bits per heavy atom. The highest BCUT2D eigenvalue weighted by Gasteiger charge is 2.30. The minimum absolute atomic E-state index is 0.0931. The summed E-state index contributed by atoms with van der Waals surface area (Å²) in [5.41, 5.74) is 6.16. The zero-order valence-corrected chi connectivity index (χ0v) is 14.3. The van der Waals surface area contributed by atoms with Crippen LogP contribution in [0.1, 0.15) is 25.3 Å². The fourth-order valence-corrected chi connectivity index (χ4v) is 2.86. The predicted molar refractivity (Wildman–Crippen MR) is 91.7 cm³/mol. The molecule has 0 saturated carbocycles. The van der Waals surface area contributed by atoms with Crippen LogP contribution < -0.4 is 15.2 Å². The van der Waals surface area contributed by atoms with Gasteiger partial charge in [-0.25, -0.2) is 0 Å². The maximum Gasteiger partial charge on any atom is 0.246 e. The molecule has 0 radical (unpaired) electrons. The molecule has 2 atom stereocenters. The van der Waals surface area contributed by atoms with Crippen LogP contribution in [0.4, 0.5) is 0 Å². The number of primary amides is 1. The van der Waals surface area contributed by atoms with E-state index in [-0.39, 0.29) is 23.8 Å². The summed E-state index contributed by atoms with van der Waals surface area (Å²) in [6.07, 6.45) is 4.72. The third-order valence-electron chi connectivity index (χ3n) is 4.41. The Hall–Kier alpha value is -2.50. The van der Waals surface area contributed by atoms with Gasteiger partial charge < -0.3 is 20.1 Å². The molecule has 130 valence electrons. The largest absolute Gasteiger partial charge is 0.497 e. The smallest absolute Gasteiger partial charge is 0.246 e. The van der Waals surface area contributed by atoms with E-state index in [9.17, 15) is 9.59 Å². The zero-order chi connectivity index (χ0) is 17.7. The second kappa shape index (κ2) is 7.86. The minimum Gasteiger partial charge on any atom is -0.497 e. The second-order valence-corrected chi connectivity index (χ2v) is 5.96. The molecule has 2 rings (SSSR count). The molecule has 2 amide bonds. The Morgan fingerprint density at radius 2 is 2.00 bits per heavy atom. The molecule has 6 heteroatoms. The number of hydrogen-bond acceptors (Lipinski definition) is 4. The van der Waals surface area contributed by atoms with E-state index in [0.29, 0.717) is 18.0 Å². The fraction of sp³-hybridized carbons (Fsp3) is 0.444. The summed E-state index contributed by atoms with van der Waals surface area (Å²) in [5.74, 6) is 0.560. The van der Waals surface area contributed by atoms with E-state index in [0.717, 1.165) is 18.4 Å². The molecule has 1 aliphatic heterocycles. The summed E-state index contributed by atoms with van der Waals surface area (Å²) in [6.45, 7) is 2.36. The standard InChI is InChI=1S/C18H24N2O4/c1-12-4-5-14(18(19)22)11-20(12)17(21)9-7-13-6-8-15(23-2)10-16(13)24-3/h6-10,12,14H,4-5,11H2,1-3H3,(H2,19,22)/b9-7-/t12-,14+/m0/s1. The topological polar surface area (TPSA) is 81.9 Å². The highest BCUT2D eigenvalue weighted by Crippen LogP contribution is 2.26. The molecule has 1 heterocycles. The molecule has 1 aromatic carbocycles. The van der Waals surface area contributed by atoms with Crippen LogP contribution in [0.15, 0.2) is 24.3 Å². The van der Waals surface area contributed by atoms with Gasteiger partial charge in [-0.2, -0.15) is 0 Å². The van der Waals surface area contributed by atoms with E-state index in [2.05, 4.69) is 0 Å². The van der Waals surface area contributed by atoms with Crippen molar-refractivity contribution in [2.24, 2.45) is 11.7 Å². The maximum absolute atomic E-state index is 12.5. The van der Waals surface area contributed by atoms with Crippen molar-refractivity contribution >= 4 is 17.9 Å². The van der Waals surface area contributed by atoms with Crippen molar-refractivity contribution in [1.29, 1.82) is 0 Å². The Morgan fingerprint density at radius 1 is 1.25 bits per heavy atom. The molecule has 0 aliphatic carbocycles. The van der Waals surface area contributed by atoms with Crippen molar-refractivity contribution < 1.29 is 19.1 Å². The highest BCUT2D eigenvalue weighted by atomic mass is 16.5. The Balaban J connectivity index is 2.13. The first kappa shape index (κ1) is 17.8. The molecule has 6 nitrogen and oxygen atoms in total. The number of carbonyl (C=O) groups is 2. The molecule has 0 unspecified atom stereocenters. The summed E-state index contributed by atoms with van der Waals surface area (Å²) in [7, 11) is 3.15. The molecule has 1 fully saturated rings. The van der Waals surface area contributed by atoms with Gasteiger partial charge in [-0.05, 0) is 38.0 Å². The number of nitrogens with two attached hydrogens (primary N) is 1. The maximum atomic E-state index is 12.5. The molecule has 0 spiro atoms. The molecule has 0 aromatic heterocycles. The first-order valence-electron chi connectivity index (χ1n) is 7.96. The number of likely N-dealkylation sites (tertiary alicyclic amines) is 1. The summed E-state index contributed by atoms with van der Waals surface area (Å²) in [6, 6.07) is 5.49. The van der Waals surface area contributed by atoms with Crippen LogP contribution in [0.3, 0.4) is 0 Å². The molecule has 0 bridgehead atoms. The van der Waals surface area contributed by atoms with Crippen LogP contribution in [0, 0.1) is 5.92 Å². The molecule has 2 N–H and O–H groups in total. The van der Waals surface area contributed by atoms with Gasteiger partial charge in [0.25, 0.3) is 0 Å². The van der Waals surface area contributed by atoms with Crippen molar-refractivity contribution in [2.75, 3.05) is 20.8 Å². The average molecular weight is 332 g/mol. The van der Waals surface area contributed by atoms with Gasteiger partial charge in [-0.1, -0.05) is 0 Å². The lowest BCUT2D eigenvalue weighted by atomic mass is 9.93. The van der Waals surface area contributed by atoms with E-state index in [4.69, 9.17) is 15.2 Å². The molecule has 1 aliphatic rings. The number of carbonyl (C=O) groups excluding carboxylic acids is 2. The van der Waals surface area contributed by atoms with E-state index in [1.54, 1.807) is 37.3 Å². The van der Waals surface area contributed by atoms with E-state index in [1.807, 2.05) is 13.0 Å². The molecule has 1 saturated heterocycles. The monoisotopic (exact) mass is 332 g/mol. The lowest BCUT2D eigenvalue weighted by Gasteiger charge is -2.36. The quantitative estimate of drug-likeness (QED) is 0.834. The average Bonchev–Trinajstić information content (AvgIpc) is 2.59. The predicted octanol–water partition coefficient (Wildman–Crippen LogP) is 1.83. The third-order valence-corrected chi connectivity index (χ3v) is 4.41. The number of ether oxygens (including phenoxy) is 2. The van der Waals surface area contributed by atoms with Gasteiger partial charge in [0.1, 0.15) is 11.5 Å². The van der Waals surface area contributed by atoms with Gasteiger partial charge in [0.05, 0.1) is 20.1 Å². The first-order valence-corrected chi connectivity index (χ1v) is 7.96. The Labute approximate surface area is 142 Å². The van der Waals surface area contributed by atoms with Gasteiger partial charge >= 0.3 is 0 Å². The number of nitrogens with zero attached hydrogens (tertiary/aromatic N) is 1. The summed E-state index contributed by atoms with van der Waals surface area (Å²) in [5, 5.41) is 0. The van der Waals surface area contributed by atoms with Crippen molar-refractivity contribution in [2.45, 2.75) is 25.8 Å². The molecule has 24 heavy (non-hydrogen) atoms. The zero-order valence-electron chi connectivity index (χ0n) is 14.3. The SMILES string of the molecule is COc1ccc(/C=C\C(=O)N2C[C@H](C(N)=O)CC[C@@H]2C)c(OC)c1. The van der Waals surface area contributed by atoms with Crippen molar-refractivity contribution in [3.8, 4) is 11.5 Å². The van der Waals surface area contributed by atoms with Crippen LogP contribution in [0.25, 0.3) is 6.08 Å². The molecular weight excluding hydrogens is 308 g/mol. The van der Waals surface area contributed by atoms with E-state index in [1.165, 1.54) is 6.08 Å². The van der Waals surface area contributed by atoms with Crippen molar-refractivity contribution in [1.82, 2.24) is 4.90 Å². The molecule has 1 aromatic rings. The fourth-order valence-electron chi connectivity index (χ4n) is 2.86. The first-order chi connectivity index (χ1) is 11.5. The summed E-state index contributed by atoms with van der Waals surface area (Å²) in [4.78, 5) is 25.6. The minimum atomic E-state index is -0.347. The summed E-state index contributed by atoms with van der Waals surface area (Å²) < 4.78 is 10.5. The lowest BCUT2D eigenvalue weighted by Crippen LogP contribution is -2.48. The van der Waals surface area contributed by atoms with Gasteiger partial charge in [0.15, 0.2) is 0 Å². The molecular formula is C18H24N2O4. The van der Waals surface area contributed by atoms with Gasteiger partial charge in [0, 0.05) is 30.3 Å². The van der Waals surface area contributed by atoms with Crippen LogP contribution in [0.2, 0.25) is 0 Å². The Kier molecular flexibility index (Phi) is 5.84. The number of methoxy groups -OCH3 is 2. The normalized spacial score (nSPS) is 20.9. The van der Waals surface area contributed by atoms with Gasteiger partial charge in [-0.15, -0.1) is 0 Å². The van der Waals surface area contributed by atoms with Crippen molar-refractivity contribution in [3.63, 3.8) is 0 Å². The number of hydrogen-bond donors (Lipinski definition) is 1. The van der Waals surface area contributed by atoms with Crippen LogP contribution in [-0.4, -0.2) is 43.5 Å². The van der Waals surface area contributed by atoms with Crippen LogP contribution >= 0.6 is 0 Å².